The molecule has 1 saturated heterocycles. The molecule has 2 heterocycles. The highest BCUT2D eigenvalue weighted by molar-refractivity contribution is 5.85. The number of nitrogens with zero attached hydrogens (tertiary/aromatic N) is 2. The SMILES string of the molecule is Cl.OC1(C(CN2CCNCC2)c2cnc3ccccc3c2)CCCCC1. The van der Waals surface area contributed by atoms with Crippen molar-refractivity contribution in [2.24, 2.45) is 0 Å². The van der Waals surface area contributed by atoms with Crippen LogP contribution in [0.25, 0.3) is 10.9 Å². The van der Waals surface area contributed by atoms with Gasteiger partial charge in [0.2, 0.25) is 0 Å². The Hall–Kier alpha value is -1.20. The standard InChI is InChI=1S/C21H29N3O.ClH/c25-21(8-4-1-5-9-21)19(16-24-12-10-22-11-13-24)18-14-17-6-2-3-7-20(17)23-15-18;/h2-3,6-7,14-15,19,22,25H,1,4-5,8-13,16H2;1H. The van der Waals surface area contributed by atoms with Crippen LogP contribution in [-0.2, 0) is 0 Å². The topological polar surface area (TPSA) is 48.4 Å². The number of nitrogens with one attached hydrogen (secondary N) is 1. The number of hydrogen-bond donors (Lipinski definition) is 2. The predicted octanol–water partition coefficient (Wildman–Crippen LogP) is 3.34. The van der Waals surface area contributed by atoms with E-state index in [1.165, 1.54) is 17.4 Å². The molecule has 4 rings (SSSR count). The second-order valence-electron chi connectivity index (χ2n) is 7.73. The minimum atomic E-state index is -0.590. The van der Waals surface area contributed by atoms with Crippen molar-refractivity contribution in [2.45, 2.75) is 43.6 Å². The van der Waals surface area contributed by atoms with Crippen molar-refractivity contribution in [1.29, 1.82) is 0 Å². The first-order chi connectivity index (χ1) is 12.2. The molecule has 2 aromatic rings. The van der Waals surface area contributed by atoms with Gasteiger partial charge in [0.25, 0.3) is 0 Å². The summed E-state index contributed by atoms with van der Waals surface area (Å²) in [7, 11) is 0. The van der Waals surface area contributed by atoms with Crippen molar-refractivity contribution >= 4 is 23.3 Å². The first-order valence-electron chi connectivity index (χ1n) is 9.75. The number of hydrogen-bond acceptors (Lipinski definition) is 4. The quantitative estimate of drug-likeness (QED) is 0.860. The van der Waals surface area contributed by atoms with Gasteiger partial charge in [-0.25, -0.2) is 0 Å². The minimum Gasteiger partial charge on any atom is -0.389 e. The molecular weight excluding hydrogens is 346 g/mol. The summed E-state index contributed by atoms with van der Waals surface area (Å²) in [6, 6.07) is 10.5. The highest BCUT2D eigenvalue weighted by Gasteiger charge is 2.39. The summed E-state index contributed by atoms with van der Waals surface area (Å²) in [4.78, 5) is 7.18. The van der Waals surface area contributed by atoms with E-state index in [4.69, 9.17) is 0 Å². The van der Waals surface area contributed by atoms with E-state index < -0.39 is 5.60 Å². The smallest absolute Gasteiger partial charge is 0.0728 e. The molecule has 1 aromatic heterocycles. The lowest BCUT2D eigenvalue weighted by molar-refractivity contribution is -0.0317. The molecule has 0 spiro atoms. The molecule has 4 nitrogen and oxygen atoms in total. The van der Waals surface area contributed by atoms with E-state index in [1.807, 2.05) is 12.3 Å². The van der Waals surface area contributed by atoms with Gasteiger partial charge in [0.05, 0.1) is 11.1 Å². The number of fused-ring (bicyclic) bond motifs is 1. The second-order valence-corrected chi connectivity index (χ2v) is 7.73. The lowest BCUT2D eigenvalue weighted by atomic mass is 9.72. The zero-order chi connectivity index (χ0) is 17.1. The molecule has 2 aliphatic rings. The van der Waals surface area contributed by atoms with Gasteiger partial charge in [-0.2, -0.15) is 0 Å². The van der Waals surface area contributed by atoms with Crippen LogP contribution in [0, 0.1) is 0 Å². The van der Waals surface area contributed by atoms with Gasteiger partial charge in [0.1, 0.15) is 0 Å². The van der Waals surface area contributed by atoms with Crippen molar-refractivity contribution in [3.8, 4) is 0 Å². The number of piperazine rings is 1. The van der Waals surface area contributed by atoms with Crippen LogP contribution in [0.4, 0.5) is 0 Å². The maximum absolute atomic E-state index is 11.5. The van der Waals surface area contributed by atoms with Gasteiger partial charge in [-0.3, -0.25) is 4.98 Å². The van der Waals surface area contributed by atoms with E-state index in [-0.39, 0.29) is 18.3 Å². The third-order valence-electron chi connectivity index (χ3n) is 6.03. The summed E-state index contributed by atoms with van der Waals surface area (Å²) in [6.45, 7) is 5.14. The zero-order valence-electron chi connectivity index (χ0n) is 15.4. The third kappa shape index (κ3) is 4.20. The largest absolute Gasteiger partial charge is 0.389 e. The van der Waals surface area contributed by atoms with Crippen LogP contribution >= 0.6 is 12.4 Å². The molecule has 1 aromatic carbocycles. The summed E-state index contributed by atoms with van der Waals surface area (Å²) in [5, 5.41) is 16.1. The number of benzene rings is 1. The summed E-state index contributed by atoms with van der Waals surface area (Å²) >= 11 is 0. The van der Waals surface area contributed by atoms with Gasteiger partial charge < -0.3 is 15.3 Å². The molecule has 2 N–H and O–H groups in total. The Morgan fingerprint density at radius 3 is 2.62 bits per heavy atom. The Kier molecular flexibility index (Phi) is 6.51. The van der Waals surface area contributed by atoms with Crippen LogP contribution in [0.15, 0.2) is 36.5 Å². The average molecular weight is 376 g/mol. The van der Waals surface area contributed by atoms with Crippen molar-refractivity contribution in [3.05, 3.63) is 42.1 Å². The molecule has 0 radical (unpaired) electrons. The lowest BCUT2D eigenvalue weighted by Gasteiger charge is -2.42. The van der Waals surface area contributed by atoms with Crippen molar-refractivity contribution in [3.63, 3.8) is 0 Å². The highest BCUT2D eigenvalue weighted by Crippen LogP contribution is 2.40. The first kappa shape index (κ1) is 19.6. The lowest BCUT2D eigenvalue weighted by Crippen LogP contribution is -2.49. The monoisotopic (exact) mass is 375 g/mol. The maximum Gasteiger partial charge on any atom is 0.0728 e. The predicted molar refractivity (Wildman–Crippen MR) is 109 cm³/mol. The Morgan fingerprint density at radius 2 is 1.85 bits per heavy atom. The van der Waals surface area contributed by atoms with Gasteiger partial charge in [-0.15, -0.1) is 12.4 Å². The third-order valence-corrected chi connectivity index (χ3v) is 6.03. The van der Waals surface area contributed by atoms with E-state index in [2.05, 4.69) is 39.5 Å². The van der Waals surface area contributed by atoms with Crippen LogP contribution in [-0.4, -0.2) is 53.3 Å². The van der Waals surface area contributed by atoms with Crippen molar-refractivity contribution in [2.75, 3.05) is 32.7 Å². The van der Waals surface area contributed by atoms with Crippen molar-refractivity contribution in [1.82, 2.24) is 15.2 Å². The Bertz CT molecular complexity index is 711. The van der Waals surface area contributed by atoms with E-state index in [9.17, 15) is 5.11 Å². The number of para-hydroxylation sites is 1. The van der Waals surface area contributed by atoms with E-state index in [0.29, 0.717) is 0 Å². The van der Waals surface area contributed by atoms with Crippen LogP contribution in [0.2, 0.25) is 0 Å². The molecule has 142 valence electrons. The minimum absolute atomic E-state index is 0. The van der Waals surface area contributed by atoms with Gasteiger partial charge in [-0.05, 0) is 30.5 Å². The van der Waals surface area contributed by atoms with Crippen LogP contribution in [0.3, 0.4) is 0 Å². The molecule has 1 aliphatic carbocycles. The number of halogens is 1. The molecular formula is C21H30ClN3O. The number of rotatable bonds is 4. The Balaban J connectivity index is 0.00000196. The zero-order valence-corrected chi connectivity index (χ0v) is 16.2. The molecule has 1 aliphatic heterocycles. The molecule has 26 heavy (non-hydrogen) atoms. The molecule has 2 fully saturated rings. The first-order valence-corrected chi connectivity index (χ1v) is 9.75. The van der Waals surface area contributed by atoms with Crippen LogP contribution in [0.1, 0.15) is 43.6 Å². The fourth-order valence-corrected chi connectivity index (χ4v) is 4.53. The Morgan fingerprint density at radius 1 is 1.12 bits per heavy atom. The van der Waals surface area contributed by atoms with E-state index in [0.717, 1.165) is 63.9 Å². The van der Waals surface area contributed by atoms with Crippen LogP contribution < -0.4 is 5.32 Å². The summed E-state index contributed by atoms with van der Waals surface area (Å²) in [5.41, 5.74) is 1.64. The molecule has 0 amide bonds. The molecule has 0 bridgehead atoms. The fraction of sp³-hybridized carbons (Fsp3) is 0.571. The molecule has 1 atom stereocenters. The molecule has 1 unspecified atom stereocenters. The number of aromatic nitrogens is 1. The number of pyridine rings is 1. The van der Waals surface area contributed by atoms with Gasteiger partial charge in [0.15, 0.2) is 0 Å². The van der Waals surface area contributed by atoms with Gasteiger partial charge in [0, 0.05) is 50.2 Å². The molecule has 5 heteroatoms. The van der Waals surface area contributed by atoms with Crippen molar-refractivity contribution < 1.29 is 5.11 Å². The average Bonchev–Trinajstić information content (AvgIpc) is 2.67. The number of aliphatic hydroxyl groups is 1. The normalized spacial score (nSPS) is 21.9. The molecule has 1 saturated carbocycles. The fourth-order valence-electron chi connectivity index (χ4n) is 4.53. The van der Waals surface area contributed by atoms with Gasteiger partial charge in [-0.1, -0.05) is 37.5 Å². The van der Waals surface area contributed by atoms with E-state index in [1.54, 1.807) is 0 Å². The highest BCUT2D eigenvalue weighted by atomic mass is 35.5. The summed E-state index contributed by atoms with van der Waals surface area (Å²) in [6.07, 6.45) is 7.35. The Labute approximate surface area is 162 Å². The second kappa shape index (κ2) is 8.66. The van der Waals surface area contributed by atoms with Crippen LogP contribution in [0.5, 0.6) is 0 Å². The summed E-state index contributed by atoms with van der Waals surface area (Å²) < 4.78 is 0. The maximum atomic E-state index is 11.5. The van der Waals surface area contributed by atoms with Gasteiger partial charge >= 0.3 is 0 Å². The summed E-state index contributed by atoms with van der Waals surface area (Å²) in [5.74, 6) is 0.142. The van der Waals surface area contributed by atoms with E-state index >= 15 is 0 Å².